The van der Waals surface area contributed by atoms with Gasteiger partial charge in [0, 0.05) is 18.3 Å². The lowest BCUT2D eigenvalue weighted by atomic mass is 9.89. The third kappa shape index (κ3) is 6.83. The summed E-state index contributed by atoms with van der Waals surface area (Å²) in [6.45, 7) is 10.8. The second-order valence-electron chi connectivity index (χ2n) is 9.81. The van der Waals surface area contributed by atoms with Crippen LogP contribution in [0.1, 0.15) is 88.5 Å². The number of urea groups is 1. The van der Waals surface area contributed by atoms with E-state index in [0.717, 1.165) is 29.7 Å². The molecule has 1 aromatic heterocycles. The van der Waals surface area contributed by atoms with E-state index in [1.807, 2.05) is 6.07 Å². The lowest BCUT2D eigenvalue weighted by molar-refractivity contribution is -0.116. The molecule has 3 rings (SSSR count). The van der Waals surface area contributed by atoms with Crippen LogP contribution in [0.4, 0.5) is 16.3 Å². The molecular formula is C26H38N4O3. The Labute approximate surface area is 197 Å². The molecule has 0 bridgehead atoms. The first-order chi connectivity index (χ1) is 15.7. The fourth-order valence-corrected chi connectivity index (χ4v) is 4.56. The largest absolute Gasteiger partial charge is 0.360 e. The number of amides is 3. The average molecular weight is 455 g/mol. The van der Waals surface area contributed by atoms with Crippen molar-refractivity contribution in [2.45, 2.75) is 78.6 Å². The van der Waals surface area contributed by atoms with Crippen LogP contribution in [-0.4, -0.2) is 35.1 Å². The molecule has 0 unspecified atom stereocenters. The van der Waals surface area contributed by atoms with Crippen LogP contribution < -0.4 is 10.6 Å². The Balaban J connectivity index is 1.80. The Morgan fingerprint density at radius 1 is 1.06 bits per heavy atom. The van der Waals surface area contributed by atoms with Crippen molar-refractivity contribution in [3.63, 3.8) is 0 Å². The number of hydrogen-bond acceptors (Lipinski definition) is 4. The number of hydrogen-bond donors (Lipinski definition) is 2. The highest BCUT2D eigenvalue weighted by Gasteiger charge is 2.25. The summed E-state index contributed by atoms with van der Waals surface area (Å²) < 4.78 is 5.03. The maximum Gasteiger partial charge on any atom is 0.322 e. The van der Waals surface area contributed by atoms with Gasteiger partial charge in [-0.05, 0) is 48.6 Å². The van der Waals surface area contributed by atoms with E-state index in [0.29, 0.717) is 24.0 Å². The summed E-state index contributed by atoms with van der Waals surface area (Å²) in [7, 11) is 0. The third-order valence-electron chi connectivity index (χ3n) is 6.33. The normalized spacial score (nSPS) is 14.5. The zero-order valence-corrected chi connectivity index (χ0v) is 20.6. The Bertz CT molecular complexity index is 919. The maximum absolute atomic E-state index is 13.5. The monoisotopic (exact) mass is 454 g/mol. The molecule has 0 atom stereocenters. The van der Waals surface area contributed by atoms with Crippen LogP contribution in [0, 0.1) is 12.8 Å². The van der Waals surface area contributed by atoms with Crippen molar-refractivity contribution in [3.8, 4) is 0 Å². The van der Waals surface area contributed by atoms with Crippen molar-refractivity contribution in [1.82, 2.24) is 10.1 Å². The predicted octanol–water partition coefficient (Wildman–Crippen LogP) is 6.28. The van der Waals surface area contributed by atoms with Crippen molar-refractivity contribution in [3.05, 3.63) is 41.2 Å². The molecular weight excluding hydrogens is 416 g/mol. The quantitative estimate of drug-likeness (QED) is 0.491. The van der Waals surface area contributed by atoms with Crippen molar-refractivity contribution in [1.29, 1.82) is 0 Å². The Morgan fingerprint density at radius 3 is 2.24 bits per heavy atom. The summed E-state index contributed by atoms with van der Waals surface area (Å²) in [6.07, 6.45) is 5.78. The van der Waals surface area contributed by atoms with Crippen molar-refractivity contribution in [2.24, 2.45) is 5.92 Å². The summed E-state index contributed by atoms with van der Waals surface area (Å²) in [6, 6.07) is 7.61. The molecule has 2 N–H and O–H groups in total. The van der Waals surface area contributed by atoms with Gasteiger partial charge in [0.15, 0.2) is 5.82 Å². The van der Waals surface area contributed by atoms with Crippen LogP contribution >= 0.6 is 0 Å². The minimum absolute atomic E-state index is 0.0326. The van der Waals surface area contributed by atoms with Gasteiger partial charge in [-0.2, -0.15) is 0 Å². The van der Waals surface area contributed by atoms with Gasteiger partial charge in [0.1, 0.15) is 12.3 Å². The minimum atomic E-state index is -0.282. The number of benzene rings is 1. The highest BCUT2D eigenvalue weighted by Crippen LogP contribution is 2.33. The molecule has 1 fully saturated rings. The van der Waals surface area contributed by atoms with Crippen LogP contribution in [0.2, 0.25) is 0 Å². The van der Waals surface area contributed by atoms with Crippen LogP contribution in [0.5, 0.6) is 0 Å². The summed E-state index contributed by atoms with van der Waals surface area (Å²) in [5.41, 5.74) is 3.08. The Hall–Kier alpha value is -2.83. The van der Waals surface area contributed by atoms with E-state index < -0.39 is 0 Å². The van der Waals surface area contributed by atoms with E-state index in [4.69, 9.17) is 4.52 Å². The van der Waals surface area contributed by atoms with Gasteiger partial charge in [-0.15, -0.1) is 0 Å². The number of aromatic nitrogens is 1. The van der Waals surface area contributed by atoms with Gasteiger partial charge in [0.2, 0.25) is 5.91 Å². The van der Waals surface area contributed by atoms with Crippen LogP contribution in [0.3, 0.4) is 0 Å². The number of anilines is 2. The molecule has 1 heterocycles. The highest BCUT2D eigenvalue weighted by molar-refractivity contribution is 5.97. The van der Waals surface area contributed by atoms with Crippen LogP contribution in [0.15, 0.2) is 28.8 Å². The van der Waals surface area contributed by atoms with E-state index in [1.54, 1.807) is 17.9 Å². The van der Waals surface area contributed by atoms with E-state index in [1.165, 1.54) is 19.3 Å². The number of para-hydroxylation sites is 1. The van der Waals surface area contributed by atoms with Crippen molar-refractivity contribution in [2.75, 3.05) is 23.7 Å². The Morgan fingerprint density at radius 2 is 1.70 bits per heavy atom. The second kappa shape index (κ2) is 11.3. The first kappa shape index (κ1) is 24.8. The van der Waals surface area contributed by atoms with Crippen LogP contribution in [-0.2, 0) is 4.79 Å². The van der Waals surface area contributed by atoms with Gasteiger partial charge < -0.3 is 20.1 Å². The van der Waals surface area contributed by atoms with Gasteiger partial charge in [0.05, 0.1) is 0 Å². The van der Waals surface area contributed by atoms with Gasteiger partial charge in [-0.1, -0.05) is 70.3 Å². The maximum atomic E-state index is 13.5. The van der Waals surface area contributed by atoms with E-state index in [2.05, 4.69) is 55.6 Å². The number of carbonyl (C=O) groups excluding carboxylic acids is 2. The summed E-state index contributed by atoms with van der Waals surface area (Å²) in [5.74, 6) is 1.65. The smallest absolute Gasteiger partial charge is 0.322 e. The van der Waals surface area contributed by atoms with Gasteiger partial charge >= 0.3 is 6.03 Å². The number of nitrogens with one attached hydrogen (secondary N) is 2. The van der Waals surface area contributed by atoms with E-state index in [9.17, 15) is 9.59 Å². The molecule has 0 spiro atoms. The number of aryl methyl sites for hydroxylation is 1. The third-order valence-corrected chi connectivity index (χ3v) is 6.33. The second-order valence-corrected chi connectivity index (χ2v) is 9.81. The van der Waals surface area contributed by atoms with Crippen molar-refractivity contribution < 1.29 is 14.1 Å². The van der Waals surface area contributed by atoms with Crippen molar-refractivity contribution >= 4 is 23.4 Å². The summed E-state index contributed by atoms with van der Waals surface area (Å²) >= 11 is 0. The lowest BCUT2D eigenvalue weighted by Gasteiger charge is -2.30. The number of carbonyl (C=O) groups is 2. The molecule has 0 radical (unpaired) electrons. The fourth-order valence-electron chi connectivity index (χ4n) is 4.56. The Kier molecular flexibility index (Phi) is 8.53. The molecule has 7 heteroatoms. The molecule has 180 valence electrons. The molecule has 33 heavy (non-hydrogen) atoms. The first-order valence-corrected chi connectivity index (χ1v) is 12.2. The molecule has 1 aromatic carbocycles. The molecule has 1 saturated carbocycles. The zero-order valence-electron chi connectivity index (χ0n) is 20.6. The molecule has 3 amide bonds. The molecule has 0 saturated heterocycles. The zero-order chi connectivity index (χ0) is 24.0. The predicted molar refractivity (Wildman–Crippen MR) is 132 cm³/mol. The minimum Gasteiger partial charge on any atom is -0.360 e. The average Bonchev–Trinajstić information content (AvgIpc) is 3.18. The van der Waals surface area contributed by atoms with E-state index >= 15 is 0 Å². The SMILES string of the molecule is Cc1cc(NC(=O)CN(CC2CCCCC2)C(=O)Nc2c(C(C)C)cccc2C(C)C)no1. The first-order valence-electron chi connectivity index (χ1n) is 12.2. The molecule has 0 aliphatic heterocycles. The lowest BCUT2D eigenvalue weighted by Crippen LogP contribution is -2.43. The van der Waals surface area contributed by atoms with E-state index in [-0.39, 0.29) is 30.3 Å². The summed E-state index contributed by atoms with van der Waals surface area (Å²) in [5, 5.41) is 9.75. The molecule has 1 aliphatic carbocycles. The standard InChI is InChI=1S/C26H38N4O3/c1-17(2)21-12-9-13-22(18(3)4)25(21)28-26(32)30(15-20-10-7-6-8-11-20)16-24(31)27-23-14-19(5)33-29-23/h9,12-14,17-18,20H,6-8,10-11,15-16H2,1-5H3,(H,28,32)(H,27,29,31). The molecule has 2 aromatic rings. The van der Waals surface area contributed by atoms with Gasteiger partial charge in [0.25, 0.3) is 0 Å². The number of nitrogens with zero attached hydrogens (tertiary/aromatic N) is 2. The van der Waals surface area contributed by atoms with Gasteiger partial charge in [-0.25, -0.2) is 4.79 Å². The fraction of sp³-hybridized carbons (Fsp3) is 0.577. The highest BCUT2D eigenvalue weighted by atomic mass is 16.5. The van der Waals surface area contributed by atoms with Gasteiger partial charge in [-0.3, -0.25) is 4.79 Å². The molecule has 7 nitrogen and oxygen atoms in total. The summed E-state index contributed by atoms with van der Waals surface area (Å²) in [4.78, 5) is 27.9. The number of rotatable bonds is 8. The van der Waals surface area contributed by atoms with Crippen LogP contribution in [0.25, 0.3) is 0 Å². The molecule has 1 aliphatic rings. The topological polar surface area (TPSA) is 87.5 Å².